The van der Waals surface area contributed by atoms with E-state index in [-0.39, 0.29) is 5.91 Å². The number of para-hydroxylation sites is 1. The molecule has 1 N–H and O–H groups in total. The average Bonchev–Trinajstić information content (AvgIpc) is 3.37. The highest BCUT2D eigenvalue weighted by Crippen LogP contribution is 2.28. The monoisotopic (exact) mass is 385 g/mol. The summed E-state index contributed by atoms with van der Waals surface area (Å²) >= 11 is 1.47. The lowest BCUT2D eigenvalue weighted by Gasteiger charge is -2.27. The molecule has 27 heavy (non-hydrogen) atoms. The molecule has 2 fully saturated rings. The van der Waals surface area contributed by atoms with Crippen molar-refractivity contribution < 1.29 is 4.79 Å². The quantitative estimate of drug-likeness (QED) is 0.772. The average molecular weight is 386 g/mol. The van der Waals surface area contributed by atoms with E-state index in [0.29, 0.717) is 11.8 Å². The van der Waals surface area contributed by atoms with Crippen molar-refractivity contribution in [2.45, 2.75) is 56.1 Å². The second-order valence-corrected chi connectivity index (χ2v) is 8.28. The van der Waals surface area contributed by atoms with Crippen molar-refractivity contribution in [3.63, 3.8) is 0 Å². The second-order valence-electron chi connectivity index (χ2n) is 7.34. The first-order chi connectivity index (χ1) is 13.3. The maximum atomic E-state index is 12.3. The minimum atomic E-state index is 0.0917. The van der Waals surface area contributed by atoms with E-state index in [4.69, 9.17) is 0 Å². The topological polar surface area (TPSA) is 63.1 Å². The Labute approximate surface area is 164 Å². The molecule has 0 unspecified atom stereocenters. The molecule has 1 amide bonds. The molecule has 2 heterocycles. The fourth-order valence-corrected chi connectivity index (χ4v) is 4.69. The first-order valence-corrected chi connectivity index (χ1v) is 11.0. The number of amides is 1. The first-order valence-electron chi connectivity index (χ1n) is 9.99. The third kappa shape index (κ3) is 4.46. The van der Waals surface area contributed by atoms with Gasteiger partial charge in [0.2, 0.25) is 11.9 Å². The number of carbonyl (C=O) groups excluding carboxylic acids is 1. The van der Waals surface area contributed by atoms with Crippen molar-refractivity contribution >= 4 is 23.6 Å². The molecule has 0 spiro atoms. The predicted octanol–water partition coefficient (Wildman–Crippen LogP) is 3.41. The summed E-state index contributed by atoms with van der Waals surface area (Å²) in [6, 6.07) is 10.6. The number of anilines is 1. The van der Waals surface area contributed by atoms with Crippen molar-refractivity contribution in [3.05, 3.63) is 30.3 Å². The first kappa shape index (κ1) is 18.3. The standard InChI is InChI=1S/C20H27N5OS/c26-18(21-16-9-5-6-10-16)15-27-20-23-22-19(24-13-7-2-8-14-24)25(20)17-11-3-1-4-12-17/h1,3-4,11-12,16H,2,5-10,13-15H2,(H,21,26). The van der Waals surface area contributed by atoms with E-state index >= 15 is 0 Å². The van der Waals surface area contributed by atoms with Crippen molar-refractivity contribution in [2.75, 3.05) is 23.7 Å². The summed E-state index contributed by atoms with van der Waals surface area (Å²) in [4.78, 5) is 14.6. The Morgan fingerprint density at radius 1 is 1.04 bits per heavy atom. The van der Waals surface area contributed by atoms with Gasteiger partial charge in [0.05, 0.1) is 11.4 Å². The molecule has 0 bridgehead atoms. The predicted molar refractivity (Wildman–Crippen MR) is 109 cm³/mol. The fourth-order valence-electron chi connectivity index (χ4n) is 3.93. The van der Waals surface area contributed by atoms with E-state index in [9.17, 15) is 4.79 Å². The molecule has 1 aromatic heterocycles. The number of nitrogens with zero attached hydrogens (tertiary/aromatic N) is 4. The lowest BCUT2D eigenvalue weighted by atomic mass is 10.1. The fraction of sp³-hybridized carbons (Fsp3) is 0.550. The van der Waals surface area contributed by atoms with Gasteiger partial charge in [0.25, 0.3) is 0 Å². The van der Waals surface area contributed by atoms with Gasteiger partial charge in [0, 0.05) is 19.1 Å². The number of piperidine rings is 1. The summed E-state index contributed by atoms with van der Waals surface area (Å²) in [5.41, 5.74) is 1.04. The van der Waals surface area contributed by atoms with Crippen LogP contribution in [0.3, 0.4) is 0 Å². The van der Waals surface area contributed by atoms with E-state index < -0.39 is 0 Å². The summed E-state index contributed by atoms with van der Waals surface area (Å²) < 4.78 is 2.10. The molecular formula is C20H27N5OS. The zero-order valence-corrected chi connectivity index (χ0v) is 16.5. The lowest BCUT2D eigenvalue weighted by Crippen LogP contribution is -2.34. The molecule has 0 radical (unpaired) electrons. The minimum absolute atomic E-state index is 0.0917. The summed E-state index contributed by atoms with van der Waals surface area (Å²) in [7, 11) is 0. The molecule has 1 aliphatic carbocycles. The van der Waals surface area contributed by atoms with Crippen LogP contribution in [0.1, 0.15) is 44.9 Å². The molecule has 7 heteroatoms. The highest BCUT2D eigenvalue weighted by atomic mass is 32.2. The number of thioether (sulfide) groups is 1. The number of hydrogen-bond donors (Lipinski definition) is 1. The maximum Gasteiger partial charge on any atom is 0.232 e. The third-order valence-corrected chi connectivity index (χ3v) is 6.25. The molecule has 1 aromatic carbocycles. The van der Waals surface area contributed by atoms with Gasteiger partial charge in [-0.3, -0.25) is 9.36 Å². The summed E-state index contributed by atoms with van der Waals surface area (Å²) in [6.45, 7) is 2.02. The third-order valence-electron chi connectivity index (χ3n) is 5.32. The number of carbonyl (C=O) groups is 1. The van der Waals surface area contributed by atoms with Crippen LogP contribution in [0.15, 0.2) is 35.5 Å². The van der Waals surface area contributed by atoms with Crippen molar-refractivity contribution in [1.29, 1.82) is 0 Å². The highest BCUT2D eigenvalue weighted by molar-refractivity contribution is 7.99. The van der Waals surface area contributed by atoms with Crippen LogP contribution in [0.5, 0.6) is 0 Å². The second kappa shape index (κ2) is 8.78. The van der Waals surface area contributed by atoms with Gasteiger partial charge in [-0.15, -0.1) is 10.2 Å². The van der Waals surface area contributed by atoms with E-state index in [1.807, 2.05) is 18.2 Å². The Bertz CT molecular complexity index is 751. The number of rotatable bonds is 6. The Morgan fingerprint density at radius 3 is 2.52 bits per heavy atom. The normalized spacial score (nSPS) is 18.0. The zero-order valence-electron chi connectivity index (χ0n) is 15.6. The van der Waals surface area contributed by atoms with Gasteiger partial charge >= 0.3 is 0 Å². The Balaban J connectivity index is 1.51. The molecule has 2 aromatic rings. The maximum absolute atomic E-state index is 12.3. The van der Waals surface area contributed by atoms with Crippen LogP contribution in [-0.2, 0) is 4.79 Å². The lowest BCUT2D eigenvalue weighted by molar-refractivity contribution is -0.119. The van der Waals surface area contributed by atoms with Crippen LogP contribution in [0, 0.1) is 0 Å². The van der Waals surface area contributed by atoms with Gasteiger partial charge in [-0.1, -0.05) is 42.8 Å². The molecule has 4 rings (SSSR count). The largest absolute Gasteiger partial charge is 0.353 e. The van der Waals surface area contributed by atoms with E-state index in [1.54, 1.807) is 0 Å². The van der Waals surface area contributed by atoms with Crippen molar-refractivity contribution in [2.24, 2.45) is 0 Å². The van der Waals surface area contributed by atoms with Gasteiger partial charge in [0.15, 0.2) is 5.16 Å². The van der Waals surface area contributed by atoms with Gasteiger partial charge in [-0.25, -0.2) is 0 Å². The Kier molecular flexibility index (Phi) is 5.97. The number of aromatic nitrogens is 3. The van der Waals surface area contributed by atoms with Gasteiger partial charge in [0.1, 0.15) is 0 Å². The molecule has 0 atom stereocenters. The summed E-state index contributed by atoms with van der Waals surface area (Å²) in [6.07, 6.45) is 8.31. The molecule has 144 valence electrons. The smallest absolute Gasteiger partial charge is 0.232 e. The highest BCUT2D eigenvalue weighted by Gasteiger charge is 2.23. The van der Waals surface area contributed by atoms with Crippen LogP contribution in [0.2, 0.25) is 0 Å². The van der Waals surface area contributed by atoms with Gasteiger partial charge in [-0.2, -0.15) is 0 Å². The molecule has 1 saturated carbocycles. The van der Waals surface area contributed by atoms with Crippen LogP contribution in [0.25, 0.3) is 5.69 Å². The molecule has 1 aliphatic heterocycles. The SMILES string of the molecule is O=C(CSc1nnc(N2CCCCC2)n1-c1ccccc1)NC1CCCC1. The van der Waals surface area contributed by atoms with Crippen LogP contribution >= 0.6 is 11.8 Å². The van der Waals surface area contributed by atoms with E-state index in [2.05, 4.69) is 37.1 Å². The van der Waals surface area contributed by atoms with Crippen molar-refractivity contribution in [3.8, 4) is 5.69 Å². The van der Waals surface area contributed by atoms with Gasteiger partial charge < -0.3 is 10.2 Å². The molecule has 6 nitrogen and oxygen atoms in total. The molecule has 2 aliphatic rings. The van der Waals surface area contributed by atoms with E-state index in [0.717, 1.165) is 42.7 Å². The summed E-state index contributed by atoms with van der Waals surface area (Å²) in [5.74, 6) is 1.36. The Morgan fingerprint density at radius 2 is 1.78 bits per heavy atom. The summed E-state index contributed by atoms with van der Waals surface area (Å²) in [5, 5.41) is 12.8. The molecule has 1 saturated heterocycles. The minimum Gasteiger partial charge on any atom is -0.353 e. The zero-order chi connectivity index (χ0) is 18.5. The number of hydrogen-bond acceptors (Lipinski definition) is 5. The Hall–Kier alpha value is -2.02. The van der Waals surface area contributed by atoms with E-state index in [1.165, 1.54) is 43.9 Å². The number of benzene rings is 1. The van der Waals surface area contributed by atoms with Crippen LogP contribution in [-0.4, -0.2) is 45.6 Å². The van der Waals surface area contributed by atoms with Crippen LogP contribution < -0.4 is 10.2 Å². The van der Waals surface area contributed by atoms with Gasteiger partial charge in [-0.05, 0) is 44.2 Å². The van der Waals surface area contributed by atoms with Crippen molar-refractivity contribution in [1.82, 2.24) is 20.1 Å². The molecular weight excluding hydrogens is 358 g/mol. The van der Waals surface area contributed by atoms with Crippen LogP contribution in [0.4, 0.5) is 5.95 Å². The number of nitrogens with one attached hydrogen (secondary N) is 1.